The van der Waals surface area contributed by atoms with E-state index in [9.17, 15) is 14.0 Å². The van der Waals surface area contributed by atoms with Gasteiger partial charge in [-0.25, -0.2) is 8.91 Å². The van der Waals surface area contributed by atoms with Crippen LogP contribution in [0.25, 0.3) is 5.52 Å². The molecule has 0 unspecified atom stereocenters. The zero-order chi connectivity index (χ0) is 20.8. The highest BCUT2D eigenvalue weighted by Gasteiger charge is 2.11. The second kappa shape index (κ2) is 9.20. The van der Waals surface area contributed by atoms with Gasteiger partial charge in [0.1, 0.15) is 11.6 Å². The van der Waals surface area contributed by atoms with E-state index in [1.165, 1.54) is 12.1 Å². The largest absolute Gasteiger partial charge is 0.484 e. The first-order valence-corrected chi connectivity index (χ1v) is 9.08. The highest BCUT2D eigenvalue weighted by atomic mass is 35.5. The molecule has 3 aromatic rings. The summed E-state index contributed by atoms with van der Waals surface area (Å²) in [7, 11) is 0. The molecule has 0 fully saturated rings. The smallest absolute Gasteiger partial charge is 0.271 e. The minimum atomic E-state index is -0.629. The van der Waals surface area contributed by atoms with Gasteiger partial charge < -0.3 is 15.4 Å². The first-order chi connectivity index (χ1) is 13.9. The molecule has 0 atom stereocenters. The van der Waals surface area contributed by atoms with Crippen molar-refractivity contribution in [2.75, 3.05) is 13.2 Å². The van der Waals surface area contributed by atoms with Gasteiger partial charge in [-0.05, 0) is 30.3 Å². The monoisotopic (exact) mass is 416 g/mol. The number of amides is 2. The Morgan fingerprint density at radius 3 is 2.83 bits per heavy atom. The Morgan fingerprint density at radius 2 is 2.07 bits per heavy atom. The van der Waals surface area contributed by atoms with E-state index >= 15 is 0 Å². The fourth-order valence-corrected chi connectivity index (χ4v) is 2.60. The molecule has 1 aromatic carbocycles. The fraction of sp³-hybridized carbons (Fsp3) is 0.150. The first kappa shape index (κ1) is 20.3. The van der Waals surface area contributed by atoms with Gasteiger partial charge in [0.25, 0.3) is 11.8 Å². The summed E-state index contributed by atoms with van der Waals surface area (Å²) >= 11 is 5.59. The van der Waals surface area contributed by atoms with Crippen LogP contribution in [0.4, 0.5) is 4.39 Å². The Labute approximate surface area is 171 Å². The molecule has 2 N–H and O–H groups in total. The molecule has 0 saturated heterocycles. The Bertz CT molecular complexity index is 1030. The maximum Gasteiger partial charge on any atom is 0.271 e. The quantitative estimate of drug-likeness (QED) is 0.591. The van der Waals surface area contributed by atoms with Crippen LogP contribution < -0.4 is 15.4 Å². The second-order valence-electron chi connectivity index (χ2n) is 6.12. The number of fused-ring (bicyclic) bond motifs is 1. The van der Waals surface area contributed by atoms with E-state index in [1.807, 2.05) is 18.2 Å². The number of nitrogens with one attached hydrogen (secondary N) is 2. The lowest BCUT2D eigenvalue weighted by atomic mass is 10.3. The number of carbonyl (C=O) groups excluding carboxylic acids is 2. The van der Waals surface area contributed by atoms with Crippen LogP contribution in [-0.4, -0.2) is 34.6 Å². The molecular weight excluding hydrogens is 399 g/mol. The summed E-state index contributed by atoms with van der Waals surface area (Å²) in [5.41, 5.74) is 1.53. The SMILES string of the molecule is C=C(CCNC(=O)c1cc2ccccn2n1)NC(=O)COc1ccc(Cl)c(F)c1. The van der Waals surface area contributed by atoms with E-state index in [4.69, 9.17) is 16.3 Å². The highest BCUT2D eigenvalue weighted by Crippen LogP contribution is 2.20. The van der Waals surface area contributed by atoms with Crippen LogP contribution in [0.5, 0.6) is 5.75 Å². The van der Waals surface area contributed by atoms with E-state index < -0.39 is 11.7 Å². The summed E-state index contributed by atoms with van der Waals surface area (Å²) in [6.45, 7) is 3.70. The van der Waals surface area contributed by atoms with Gasteiger partial charge in [0.2, 0.25) is 0 Å². The molecule has 150 valence electrons. The molecule has 2 aromatic heterocycles. The van der Waals surface area contributed by atoms with Crippen molar-refractivity contribution in [2.24, 2.45) is 0 Å². The van der Waals surface area contributed by atoms with E-state index in [-0.39, 0.29) is 29.8 Å². The average molecular weight is 417 g/mol. The van der Waals surface area contributed by atoms with Crippen molar-refractivity contribution in [3.63, 3.8) is 0 Å². The molecule has 0 radical (unpaired) electrons. The minimum absolute atomic E-state index is 0.0270. The molecule has 3 rings (SSSR count). The number of carbonyl (C=O) groups is 2. The van der Waals surface area contributed by atoms with Crippen LogP contribution in [0, 0.1) is 5.82 Å². The fourth-order valence-electron chi connectivity index (χ4n) is 2.48. The normalized spacial score (nSPS) is 10.6. The number of aromatic nitrogens is 2. The first-order valence-electron chi connectivity index (χ1n) is 8.70. The summed E-state index contributed by atoms with van der Waals surface area (Å²) in [5, 5.41) is 9.44. The van der Waals surface area contributed by atoms with Crippen LogP contribution in [0.3, 0.4) is 0 Å². The van der Waals surface area contributed by atoms with Crippen molar-refractivity contribution in [1.82, 2.24) is 20.2 Å². The van der Waals surface area contributed by atoms with Gasteiger partial charge in [0.15, 0.2) is 12.3 Å². The molecule has 0 aliphatic rings. The molecule has 29 heavy (non-hydrogen) atoms. The number of benzene rings is 1. The third-order valence-electron chi connectivity index (χ3n) is 3.89. The van der Waals surface area contributed by atoms with Crippen molar-refractivity contribution in [2.45, 2.75) is 6.42 Å². The van der Waals surface area contributed by atoms with Crippen molar-refractivity contribution < 1.29 is 18.7 Å². The molecule has 0 bridgehead atoms. The zero-order valence-corrected chi connectivity index (χ0v) is 16.1. The number of rotatable bonds is 8. The molecule has 2 heterocycles. The number of hydrogen-bond acceptors (Lipinski definition) is 4. The predicted octanol–water partition coefficient (Wildman–Crippen LogP) is 2.96. The van der Waals surface area contributed by atoms with Gasteiger partial charge in [-0.15, -0.1) is 0 Å². The van der Waals surface area contributed by atoms with Crippen molar-refractivity contribution in [3.05, 3.63) is 77.5 Å². The maximum absolute atomic E-state index is 13.3. The Hall–Kier alpha value is -3.39. The topological polar surface area (TPSA) is 84.7 Å². The van der Waals surface area contributed by atoms with Gasteiger partial charge in [0, 0.05) is 30.9 Å². The number of pyridine rings is 1. The highest BCUT2D eigenvalue weighted by molar-refractivity contribution is 6.30. The van der Waals surface area contributed by atoms with E-state index in [1.54, 1.807) is 16.8 Å². The van der Waals surface area contributed by atoms with Gasteiger partial charge >= 0.3 is 0 Å². The van der Waals surface area contributed by atoms with E-state index in [0.717, 1.165) is 11.6 Å². The Morgan fingerprint density at radius 1 is 1.24 bits per heavy atom. The van der Waals surface area contributed by atoms with Crippen LogP contribution in [0.2, 0.25) is 5.02 Å². The minimum Gasteiger partial charge on any atom is -0.484 e. The Kier molecular flexibility index (Phi) is 6.46. The van der Waals surface area contributed by atoms with E-state index in [2.05, 4.69) is 22.3 Å². The third kappa shape index (κ3) is 5.55. The van der Waals surface area contributed by atoms with Crippen molar-refractivity contribution >= 4 is 28.9 Å². The number of ether oxygens (including phenoxy) is 1. The van der Waals surface area contributed by atoms with Gasteiger partial charge in [0.05, 0.1) is 10.5 Å². The lowest BCUT2D eigenvalue weighted by molar-refractivity contribution is -0.122. The Balaban J connectivity index is 1.39. The van der Waals surface area contributed by atoms with Crippen molar-refractivity contribution in [3.8, 4) is 5.75 Å². The lowest BCUT2D eigenvalue weighted by Crippen LogP contribution is -2.31. The van der Waals surface area contributed by atoms with Crippen LogP contribution >= 0.6 is 11.6 Å². The van der Waals surface area contributed by atoms with Crippen LogP contribution in [0.1, 0.15) is 16.9 Å². The summed E-state index contributed by atoms with van der Waals surface area (Å²) in [6, 6.07) is 11.1. The molecule has 9 heteroatoms. The van der Waals surface area contributed by atoms with Gasteiger partial charge in [-0.3, -0.25) is 9.59 Å². The van der Waals surface area contributed by atoms with Crippen LogP contribution in [-0.2, 0) is 4.79 Å². The maximum atomic E-state index is 13.3. The van der Waals surface area contributed by atoms with Crippen LogP contribution in [0.15, 0.2) is 60.9 Å². The van der Waals surface area contributed by atoms with Gasteiger partial charge in [-0.1, -0.05) is 24.2 Å². The standard InChI is InChI=1S/C20H18ClFN4O3/c1-13(24-19(27)12-29-15-5-6-16(21)17(22)11-15)7-8-23-20(28)18-10-14-4-2-3-9-26(14)25-18/h2-6,9-11H,1,7-8,12H2,(H,23,28)(H,24,27). The molecule has 0 spiro atoms. The number of halogens is 2. The van der Waals surface area contributed by atoms with Crippen molar-refractivity contribution in [1.29, 1.82) is 0 Å². The molecule has 0 aliphatic heterocycles. The second-order valence-corrected chi connectivity index (χ2v) is 6.53. The molecule has 0 saturated carbocycles. The summed E-state index contributed by atoms with van der Waals surface area (Å²) in [5.74, 6) is -1.21. The lowest BCUT2D eigenvalue weighted by Gasteiger charge is -2.10. The molecule has 7 nitrogen and oxygen atoms in total. The average Bonchev–Trinajstić information content (AvgIpc) is 3.13. The van der Waals surface area contributed by atoms with E-state index in [0.29, 0.717) is 17.8 Å². The summed E-state index contributed by atoms with van der Waals surface area (Å²) < 4.78 is 20.1. The molecule has 2 amide bonds. The third-order valence-corrected chi connectivity index (χ3v) is 4.20. The summed E-state index contributed by atoms with van der Waals surface area (Å²) in [6.07, 6.45) is 2.09. The van der Waals surface area contributed by atoms with Gasteiger partial charge in [-0.2, -0.15) is 5.10 Å². The number of hydrogen-bond donors (Lipinski definition) is 2. The zero-order valence-electron chi connectivity index (χ0n) is 15.3. The summed E-state index contributed by atoms with van der Waals surface area (Å²) in [4.78, 5) is 24.0. The predicted molar refractivity (Wildman–Crippen MR) is 106 cm³/mol. The molecule has 0 aliphatic carbocycles. The number of nitrogens with zero attached hydrogens (tertiary/aromatic N) is 2. The molecular formula is C20H18ClFN4O3.